The lowest BCUT2D eigenvalue weighted by Gasteiger charge is -2.18. The zero-order valence-corrected chi connectivity index (χ0v) is 12.0. The molecule has 0 bridgehead atoms. The second-order valence-electron chi connectivity index (χ2n) is 4.31. The minimum atomic E-state index is -0.806. The molecule has 1 amide bonds. The number of carbonyl (C=O) groups excluding carboxylic acids is 3. The van der Waals surface area contributed by atoms with Crippen LogP contribution < -0.4 is 5.32 Å². The fourth-order valence-corrected chi connectivity index (χ4v) is 1.33. The molecule has 0 saturated heterocycles. The molecular weight excluding hydrogens is 250 g/mol. The first-order chi connectivity index (χ1) is 8.92. The highest BCUT2D eigenvalue weighted by Crippen LogP contribution is 2.04. The van der Waals surface area contributed by atoms with E-state index in [0.717, 1.165) is 0 Å². The Bertz CT molecular complexity index is 314. The monoisotopic (exact) mass is 273 g/mol. The second-order valence-corrected chi connectivity index (χ2v) is 4.31. The Kier molecular flexibility index (Phi) is 8.57. The largest absolute Gasteiger partial charge is 0.466 e. The van der Waals surface area contributed by atoms with E-state index in [0.29, 0.717) is 6.61 Å². The van der Waals surface area contributed by atoms with Crippen LogP contribution >= 0.6 is 0 Å². The Morgan fingerprint density at radius 2 is 1.63 bits per heavy atom. The second kappa shape index (κ2) is 9.35. The molecule has 6 heteroatoms. The Labute approximate surface area is 113 Å². The topological polar surface area (TPSA) is 81.7 Å². The van der Waals surface area contributed by atoms with E-state index in [-0.39, 0.29) is 31.3 Å². The highest BCUT2D eigenvalue weighted by Gasteiger charge is 2.24. The van der Waals surface area contributed by atoms with Gasteiger partial charge < -0.3 is 14.8 Å². The van der Waals surface area contributed by atoms with Crippen molar-refractivity contribution in [1.82, 2.24) is 5.32 Å². The fourth-order valence-electron chi connectivity index (χ4n) is 1.33. The Hall–Kier alpha value is -1.59. The lowest BCUT2D eigenvalue weighted by Crippen LogP contribution is -2.43. The molecule has 0 aromatic carbocycles. The third-order valence-corrected chi connectivity index (χ3v) is 2.35. The summed E-state index contributed by atoms with van der Waals surface area (Å²) in [6.45, 7) is 7.37. The molecule has 0 aromatic rings. The van der Waals surface area contributed by atoms with Crippen LogP contribution in [0, 0.1) is 5.92 Å². The summed E-state index contributed by atoms with van der Waals surface area (Å²) in [5.74, 6) is -1.40. The van der Waals surface area contributed by atoms with Gasteiger partial charge >= 0.3 is 11.9 Å². The van der Waals surface area contributed by atoms with Gasteiger partial charge in [0.1, 0.15) is 6.04 Å². The summed E-state index contributed by atoms with van der Waals surface area (Å²) in [5.41, 5.74) is 0. The standard InChI is InChI=1S/C13H23NO5/c1-5-18-11(15)8-7-10(13(17)19-6-2)14-12(16)9(3)4/h9-10H,5-8H2,1-4H3,(H,14,16)/t10-/m0/s1. The summed E-state index contributed by atoms with van der Waals surface area (Å²) in [6, 6.07) is -0.806. The number of hydrogen-bond donors (Lipinski definition) is 1. The van der Waals surface area contributed by atoms with E-state index in [9.17, 15) is 14.4 Å². The maximum absolute atomic E-state index is 11.7. The molecule has 0 heterocycles. The number of ether oxygens (including phenoxy) is 2. The maximum atomic E-state index is 11.7. The van der Waals surface area contributed by atoms with Gasteiger partial charge in [0.15, 0.2) is 0 Å². The minimum absolute atomic E-state index is 0.0652. The van der Waals surface area contributed by atoms with Crippen molar-refractivity contribution >= 4 is 17.8 Å². The van der Waals surface area contributed by atoms with Crippen LogP contribution in [-0.2, 0) is 23.9 Å². The van der Waals surface area contributed by atoms with Crippen molar-refractivity contribution in [2.24, 2.45) is 5.92 Å². The van der Waals surface area contributed by atoms with Gasteiger partial charge in [0.25, 0.3) is 0 Å². The van der Waals surface area contributed by atoms with Crippen LogP contribution in [0.4, 0.5) is 0 Å². The molecule has 0 aliphatic rings. The van der Waals surface area contributed by atoms with Crippen molar-refractivity contribution in [2.45, 2.75) is 46.6 Å². The number of hydrogen-bond acceptors (Lipinski definition) is 5. The molecule has 1 N–H and O–H groups in total. The van der Waals surface area contributed by atoms with E-state index in [2.05, 4.69) is 5.32 Å². The van der Waals surface area contributed by atoms with Crippen molar-refractivity contribution in [3.63, 3.8) is 0 Å². The highest BCUT2D eigenvalue weighted by molar-refractivity contribution is 5.85. The average molecular weight is 273 g/mol. The van der Waals surface area contributed by atoms with Crippen LogP contribution in [0.15, 0.2) is 0 Å². The molecule has 0 radical (unpaired) electrons. The van der Waals surface area contributed by atoms with Crippen molar-refractivity contribution < 1.29 is 23.9 Å². The van der Waals surface area contributed by atoms with Gasteiger partial charge in [0, 0.05) is 12.3 Å². The summed E-state index contributed by atoms with van der Waals surface area (Å²) < 4.78 is 9.65. The zero-order valence-electron chi connectivity index (χ0n) is 12.0. The van der Waals surface area contributed by atoms with Gasteiger partial charge in [0.2, 0.25) is 5.91 Å². The smallest absolute Gasteiger partial charge is 0.328 e. The third kappa shape index (κ3) is 7.43. The lowest BCUT2D eigenvalue weighted by molar-refractivity contribution is -0.149. The summed E-state index contributed by atoms with van der Waals surface area (Å²) in [5, 5.41) is 2.58. The Morgan fingerprint density at radius 3 is 2.11 bits per heavy atom. The van der Waals surface area contributed by atoms with Gasteiger partial charge in [-0.1, -0.05) is 13.8 Å². The van der Waals surface area contributed by atoms with Crippen molar-refractivity contribution in [2.75, 3.05) is 13.2 Å². The first-order valence-corrected chi connectivity index (χ1v) is 6.54. The van der Waals surface area contributed by atoms with Crippen LogP contribution in [0.25, 0.3) is 0 Å². The highest BCUT2D eigenvalue weighted by atomic mass is 16.5. The zero-order chi connectivity index (χ0) is 14.8. The molecule has 0 aliphatic heterocycles. The third-order valence-electron chi connectivity index (χ3n) is 2.35. The number of nitrogens with one attached hydrogen (secondary N) is 1. The van der Waals surface area contributed by atoms with Crippen LogP contribution in [0.1, 0.15) is 40.5 Å². The number of rotatable bonds is 8. The summed E-state index contributed by atoms with van der Waals surface area (Å²) in [6.07, 6.45) is 0.242. The van der Waals surface area contributed by atoms with Crippen LogP contribution in [0.2, 0.25) is 0 Å². The van der Waals surface area contributed by atoms with Crippen molar-refractivity contribution in [1.29, 1.82) is 0 Å². The minimum Gasteiger partial charge on any atom is -0.466 e. The predicted octanol–water partition coefficient (Wildman–Crippen LogP) is 1.03. The molecule has 0 unspecified atom stereocenters. The van der Waals surface area contributed by atoms with Gasteiger partial charge in [-0.25, -0.2) is 4.79 Å². The van der Waals surface area contributed by atoms with E-state index in [4.69, 9.17) is 9.47 Å². The first-order valence-electron chi connectivity index (χ1n) is 6.54. The molecule has 110 valence electrons. The average Bonchev–Trinajstić information content (AvgIpc) is 2.34. The molecule has 19 heavy (non-hydrogen) atoms. The molecule has 1 atom stereocenters. The molecule has 0 aromatic heterocycles. The molecule has 6 nitrogen and oxygen atoms in total. The van der Waals surface area contributed by atoms with Crippen LogP contribution in [0.5, 0.6) is 0 Å². The summed E-state index contributed by atoms with van der Waals surface area (Å²) in [4.78, 5) is 34.5. The molecule has 0 saturated carbocycles. The molecule has 0 aliphatic carbocycles. The molecular formula is C13H23NO5. The predicted molar refractivity (Wildman–Crippen MR) is 69.3 cm³/mol. The van der Waals surface area contributed by atoms with Crippen molar-refractivity contribution in [3.8, 4) is 0 Å². The van der Waals surface area contributed by atoms with Gasteiger partial charge in [-0.3, -0.25) is 9.59 Å². The Balaban J connectivity index is 4.45. The maximum Gasteiger partial charge on any atom is 0.328 e. The fraction of sp³-hybridized carbons (Fsp3) is 0.769. The van der Waals surface area contributed by atoms with Gasteiger partial charge in [-0.05, 0) is 20.3 Å². The summed E-state index contributed by atoms with van der Waals surface area (Å²) >= 11 is 0. The van der Waals surface area contributed by atoms with Crippen LogP contribution in [0.3, 0.4) is 0 Å². The van der Waals surface area contributed by atoms with E-state index in [1.807, 2.05) is 0 Å². The number of carbonyl (C=O) groups is 3. The van der Waals surface area contributed by atoms with E-state index in [1.54, 1.807) is 27.7 Å². The van der Waals surface area contributed by atoms with Crippen LogP contribution in [-0.4, -0.2) is 37.1 Å². The molecule has 0 fully saturated rings. The van der Waals surface area contributed by atoms with Gasteiger partial charge in [-0.2, -0.15) is 0 Å². The first kappa shape index (κ1) is 17.4. The van der Waals surface area contributed by atoms with E-state index < -0.39 is 18.0 Å². The molecule has 0 spiro atoms. The van der Waals surface area contributed by atoms with E-state index in [1.165, 1.54) is 0 Å². The van der Waals surface area contributed by atoms with Crippen molar-refractivity contribution in [3.05, 3.63) is 0 Å². The SMILES string of the molecule is CCOC(=O)CC[C@H](NC(=O)C(C)C)C(=O)OCC. The normalized spacial score (nSPS) is 11.8. The van der Waals surface area contributed by atoms with Gasteiger partial charge in [-0.15, -0.1) is 0 Å². The van der Waals surface area contributed by atoms with Gasteiger partial charge in [0.05, 0.1) is 13.2 Å². The quantitative estimate of drug-likeness (QED) is 0.668. The summed E-state index contributed by atoms with van der Waals surface area (Å²) in [7, 11) is 0. The number of amides is 1. The lowest BCUT2D eigenvalue weighted by atomic mass is 10.1. The molecule has 0 rings (SSSR count). The van der Waals surface area contributed by atoms with E-state index >= 15 is 0 Å². The number of esters is 2. The Morgan fingerprint density at radius 1 is 1.05 bits per heavy atom.